The maximum absolute atomic E-state index is 11.9. The van der Waals surface area contributed by atoms with E-state index in [1.807, 2.05) is 18.2 Å². The molecule has 2 aromatic rings. The Hall–Kier alpha value is -2.72. The molecule has 0 radical (unpaired) electrons. The molecule has 2 rings (SSSR count). The van der Waals surface area contributed by atoms with Gasteiger partial charge in [-0.1, -0.05) is 48.5 Å². The fourth-order valence-corrected chi connectivity index (χ4v) is 1.68. The molecule has 2 aromatic carbocycles. The summed E-state index contributed by atoms with van der Waals surface area (Å²) in [7, 11) is 0. The Morgan fingerprint density at radius 1 is 0.900 bits per heavy atom. The van der Waals surface area contributed by atoms with Gasteiger partial charge in [-0.2, -0.15) is 0 Å². The molecule has 0 saturated carbocycles. The number of nitrogens with one attached hydrogen (secondary N) is 1. The first kappa shape index (κ1) is 13.7. The molecule has 20 heavy (non-hydrogen) atoms. The summed E-state index contributed by atoms with van der Waals surface area (Å²) in [5, 5.41) is 8.50. The Bertz CT molecular complexity index is 631. The third-order valence-electron chi connectivity index (χ3n) is 2.76. The number of amides is 1. The van der Waals surface area contributed by atoms with Crippen molar-refractivity contribution in [2.45, 2.75) is 0 Å². The van der Waals surface area contributed by atoms with Crippen molar-refractivity contribution in [2.24, 2.45) is 0 Å². The summed E-state index contributed by atoms with van der Waals surface area (Å²) < 4.78 is 0. The van der Waals surface area contributed by atoms with Gasteiger partial charge in [-0.05, 0) is 23.8 Å². The molecular weight excluding hydrogens is 254 g/mol. The Kier molecular flexibility index (Phi) is 4.42. The van der Waals surface area contributed by atoms with E-state index in [0.717, 1.165) is 5.56 Å². The lowest BCUT2D eigenvalue weighted by atomic mass is 10.1. The van der Waals surface area contributed by atoms with Crippen molar-refractivity contribution in [3.8, 4) is 0 Å². The quantitative estimate of drug-likeness (QED) is 0.387. The van der Waals surface area contributed by atoms with Gasteiger partial charge in [-0.3, -0.25) is 14.8 Å². The number of carbonyl (C=O) groups is 2. The second-order valence-electron chi connectivity index (χ2n) is 4.13. The van der Waals surface area contributed by atoms with Gasteiger partial charge in [0.2, 0.25) is 0 Å². The molecular formula is C16H13NO3. The predicted molar refractivity (Wildman–Crippen MR) is 75.5 cm³/mol. The van der Waals surface area contributed by atoms with E-state index in [1.54, 1.807) is 48.0 Å². The summed E-state index contributed by atoms with van der Waals surface area (Å²) in [5.74, 6) is -0.649. The number of hydrogen-bond acceptors (Lipinski definition) is 3. The SMILES string of the molecule is O=C(C=Cc1ccc(C(=O)NO)cc1)c1ccccc1. The molecule has 0 aliphatic heterocycles. The lowest BCUT2D eigenvalue weighted by Gasteiger charge is -1.99. The van der Waals surface area contributed by atoms with E-state index in [2.05, 4.69) is 0 Å². The Morgan fingerprint density at radius 3 is 2.15 bits per heavy atom. The molecule has 2 N–H and O–H groups in total. The molecule has 0 spiro atoms. The van der Waals surface area contributed by atoms with Crippen LogP contribution in [0.15, 0.2) is 60.7 Å². The van der Waals surface area contributed by atoms with Crippen molar-refractivity contribution in [2.75, 3.05) is 0 Å². The smallest absolute Gasteiger partial charge is 0.274 e. The van der Waals surface area contributed by atoms with E-state index in [0.29, 0.717) is 11.1 Å². The number of ketones is 1. The van der Waals surface area contributed by atoms with Crippen LogP contribution in [0.3, 0.4) is 0 Å². The van der Waals surface area contributed by atoms with Gasteiger partial charge in [0.15, 0.2) is 5.78 Å². The van der Waals surface area contributed by atoms with Crippen LogP contribution in [0.1, 0.15) is 26.3 Å². The van der Waals surface area contributed by atoms with E-state index < -0.39 is 5.91 Å². The number of rotatable bonds is 4. The molecule has 1 amide bonds. The van der Waals surface area contributed by atoms with E-state index in [9.17, 15) is 9.59 Å². The van der Waals surface area contributed by atoms with E-state index in [-0.39, 0.29) is 5.78 Å². The largest absolute Gasteiger partial charge is 0.289 e. The fraction of sp³-hybridized carbons (Fsp3) is 0. The summed E-state index contributed by atoms with van der Waals surface area (Å²) in [4.78, 5) is 23.0. The Morgan fingerprint density at radius 2 is 1.55 bits per heavy atom. The minimum Gasteiger partial charge on any atom is -0.289 e. The highest BCUT2D eigenvalue weighted by molar-refractivity contribution is 6.06. The molecule has 4 heteroatoms. The van der Waals surface area contributed by atoms with Crippen LogP contribution in [0.25, 0.3) is 6.08 Å². The van der Waals surface area contributed by atoms with Crippen LogP contribution in [-0.2, 0) is 0 Å². The van der Waals surface area contributed by atoms with Gasteiger partial charge in [0.25, 0.3) is 5.91 Å². The van der Waals surface area contributed by atoms with Crippen molar-refractivity contribution in [1.82, 2.24) is 5.48 Å². The average molecular weight is 267 g/mol. The fourth-order valence-electron chi connectivity index (χ4n) is 1.68. The zero-order chi connectivity index (χ0) is 14.4. The zero-order valence-electron chi connectivity index (χ0n) is 10.6. The van der Waals surface area contributed by atoms with Gasteiger partial charge >= 0.3 is 0 Å². The maximum Gasteiger partial charge on any atom is 0.274 e. The lowest BCUT2D eigenvalue weighted by molar-refractivity contribution is 0.0706. The Labute approximate surface area is 116 Å². The molecule has 0 saturated heterocycles. The normalized spacial score (nSPS) is 10.4. The molecule has 0 aliphatic carbocycles. The number of carbonyl (C=O) groups excluding carboxylic acids is 2. The van der Waals surface area contributed by atoms with Gasteiger partial charge in [-0.15, -0.1) is 0 Å². The minimum atomic E-state index is -0.569. The molecule has 0 aliphatic rings. The van der Waals surface area contributed by atoms with Crippen molar-refractivity contribution >= 4 is 17.8 Å². The summed E-state index contributed by atoms with van der Waals surface area (Å²) in [6.45, 7) is 0. The Balaban J connectivity index is 2.08. The van der Waals surface area contributed by atoms with Crippen molar-refractivity contribution in [3.63, 3.8) is 0 Å². The first-order valence-electron chi connectivity index (χ1n) is 6.02. The van der Waals surface area contributed by atoms with Gasteiger partial charge in [0, 0.05) is 11.1 Å². The average Bonchev–Trinajstić information content (AvgIpc) is 2.53. The minimum absolute atomic E-state index is 0.0808. The maximum atomic E-state index is 11.9. The number of hydroxylamine groups is 1. The van der Waals surface area contributed by atoms with Crippen LogP contribution in [0.5, 0.6) is 0 Å². The van der Waals surface area contributed by atoms with Gasteiger partial charge < -0.3 is 0 Å². The number of benzene rings is 2. The molecule has 0 heterocycles. The second kappa shape index (κ2) is 6.45. The topological polar surface area (TPSA) is 66.4 Å². The third-order valence-corrected chi connectivity index (χ3v) is 2.76. The molecule has 0 atom stereocenters. The molecule has 0 bridgehead atoms. The third kappa shape index (κ3) is 3.40. The van der Waals surface area contributed by atoms with Crippen LogP contribution in [-0.4, -0.2) is 16.9 Å². The summed E-state index contributed by atoms with van der Waals surface area (Å²) in [6, 6.07) is 15.5. The molecule has 0 unspecified atom stereocenters. The first-order chi connectivity index (χ1) is 9.70. The van der Waals surface area contributed by atoms with Gasteiger partial charge in [0.05, 0.1) is 0 Å². The van der Waals surface area contributed by atoms with Crippen LogP contribution in [0.2, 0.25) is 0 Å². The first-order valence-corrected chi connectivity index (χ1v) is 6.02. The molecule has 0 fully saturated rings. The van der Waals surface area contributed by atoms with Crippen LogP contribution in [0.4, 0.5) is 0 Å². The highest BCUT2D eigenvalue weighted by atomic mass is 16.5. The lowest BCUT2D eigenvalue weighted by Crippen LogP contribution is -2.18. The predicted octanol–water partition coefficient (Wildman–Crippen LogP) is 2.70. The molecule has 100 valence electrons. The van der Waals surface area contributed by atoms with E-state index in [1.165, 1.54) is 6.08 Å². The van der Waals surface area contributed by atoms with E-state index in [4.69, 9.17) is 5.21 Å². The zero-order valence-corrected chi connectivity index (χ0v) is 10.6. The van der Waals surface area contributed by atoms with Crippen molar-refractivity contribution in [1.29, 1.82) is 0 Å². The standard InChI is InChI=1S/C16H13NO3/c18-15(13-4-2-1-3-5-13)11-8-12-6-9-14(10-7-12)16(19)17-20/h1-11,20H,(H,17,19). The van der Waals surface area contributed by atoms with Crippen LogP contribution < -0.4 is 5.48 Å². The monoisotopic (exact) mass is 267 g/mol. The molecule has 4 nitrogen and oxygen atoms in total. The highest BCUT2D eigenvalue weighted by Gasteiger charge is 2.03. The molecule has 0 aromatic heterocycles. The number of hydrogen-bond donors (Lipinski definition) is 2. The van der Waals surface area contributed by atoms with Crippen LogP contribution in [0, 0.1) is 0 Å². The van der Waals surface area contributed by atoms with E-state index >= 15 is 0 Å². The van der Waals surface area contributed by atoms with Crippen molar-refractivity contribution in [3.05, 3.63) is 77.4 Å². The summed E-state index contributed by atoms with van der Waals surface area (Å²) in [5.41, 5.74) is 3.33. The van der Waals surface area contributed by atoms with Crippen molar-refractivity contribution < 1.29 is 14.8 Å². The highest BCUT2D eigenvalue weighted by Crippen LogP contribution is 2.08. The number of allylic oxidation sites excluding steroid dienone is 1. The van der Waals surface area contributed by atoms with Crippen LogP contribution >= 0.6 is 0 Å². The second-order valence-corrected chi connectivity index (χ2v) is 4.13. The van der Waals surface area contributed by atoms with Gasteiger partial charge in [-0.25, -0.2) is 5.48 Å². The van der Waals surface area contributed by atoms with Gasteiger partial charge in [0.1, 0.15) is 0 Å². The summed E-state index contributed by atoms with van der Waals surface area (Å²) >= 11 is 0. The summed E-state index contributed by atoms with van der Waals surface area (Å²) in [6.07, 6.45) is 3.16.